The van der Waals surface area contributed by atoms with E-state index in [9.17, 15) is 23.1 Å². The molecule has 0 radical (unpaired) electrons. The average Bonchev–Trinajstić information content (AvgIpc) is 2.77. The third kappa shape index (κ3) is 3.55. The van der Waals surface area contributed by atoms with E-state index in [2.05, 4.69) is 0 Å². The number of aromatic hydroxyl groups is 1. The summed E-state index contributed by atoms with van der Waals surface area (Å²) >= 11 is 0. The number of phenols is 1. The molecule has 2 rings (SSSR count). The Labute approximate surface area is 127 Å². The zero-order chi connectivity index (χ0) is 16.5. The third-order valence-electron chi connectivity index (χ3n) is 3.59. The minimum atomic E-state index is -3.88. The molecule has 0 saturated carbocycles. The van der Waals surface area contributed by atoms with E-state index in [4.69, 9.17) is 10.2 Å². The van der Waals surface area contributed by atoms with Crippen molar-refractivity contribution in [2.75, 3.05) is 6.54 Å². The smallest absolute Gasteiger partial charge is 0.305 e. The monoisotopic (exact) mass is 328 g/mol. The summed E-state index contributed by atoms with van der Waals surface area (Å²) in [4.78, 5) is 24.3. The second-order valence-electron chi connectivity index (χ2n) is 5.17. The van der Waals surface area contributed by atoms with Crippen molar-refractivity contribution in [2.45, 2.75) is 24.1 Å². The summed E-state index contributed by atoms with van der Waals surface area (Å²) in [6.45, 7) is -0.161. The summed E-state index contributed by atoms with van der Waals surface area (Å²) in [5.74, 6) is -1.68. The quantitative estimate of drug-likeness (QED) is 0.684. The van der Waals surface area contributed by atoms with Crippen molar-refractivity contribution in [3.63, 3.8) is 0 Å². The number of sulfonamides is 1. The van der Waals surface area contributed by atoms with Gasteiger partial charge in [-0.2, -0.15) is 0 Å². The molecule has 0 aliphatic carbocycles. The molecular formula is C13H16N2O6S. The highest BCUT2D eigenvalue weighted by Crippen LogP contribution is 2.32. The summed E-state index contributed by atoms with van der Waals surface area (Å²) in [6.07, 6.45) is -0.666. The molecule has 120 valence electrons. The highest BCUT2D eigenvalue weighted by molar-refractivity contribution is 7.89. The molecule has 8 nitrogen and oxygen atoms in total. The van der Waals surface area contributed by atoms with Gasteiger partial charge in [0.1, 0.15) is 11.0 Å². The number of nitrogens with zero attached hydrogens (tertiary/aromatic N) is 1. The molecule has 0 aromatic heterocycles. The molecule has 1 aliphatic heterocycles. The van der Waals surface area contributed by atoms with E-state index in [-0.39, 0.29) is 18.7 Å². The number of hydrogen-bond acceptors (Lipinski definition) is 5. The van der Waals surface area contributed by atoms with Crippen LogP contribution in [0.2, 0.25) is 0 Å². The lowest BCUT2D eigenvalue weighted by Gasteiger charge is -2.27. The second-order valence-corrected chi connectivity index (χ2v) is 7.01. The van der Waals surface area contributed by atoms with Crippen molar-refractivity contribution >= 4 is 21.9 Å². The molecule has 2 unspecified atom stereocenters. The number of benzene rings is 1. The fourth-order valence-corrected chi connectivity index (χ4v) is 3.27. The van der Waals surface area contributed by atoms with Gasteiger partial charge >= 0.3 is 5.97 Å². The van der Waals surface area contributed by atoms with Crippen LogP contribution in [-0.2, 0) is 19.6 Å². The van der Waals surface area contributed by atoms with Crippen molar-refractivity contribution < 1.29 is 28.2 Å². The molecule has 1 aromatic carbocycles. The van der Waals surface area contributed by atoms with E-state index in [0.29, 0.717) is 5.56 Å². The molecular weight excluding hydrogens is 312 g/mol. The van der Waals surface area contributed by atoms with Gasteiger partial charge in [-0.3, -0.25) is 9.59 Å². The van der Waals surface area contributed by atoms with Gasteiger partial charge in [0.2, 0.25) is 15.9 Å². The molecule has 1 heterocycles. The fourth-order valence-electron chi connectivity index (χ4n) is 2.52. The first kappa shape index (κ1) is 16.2. The minimum absolute atomic E-state index is 0.0671. The Balaban J connectivity index is 2.34. The number of rotatable bonds is 5. The SMILES string of the molecule is NS(=O)(=O)C1CC(=O)N(C(CC(=O)O)c2cccc(O)c2)C1. The highest BCUT2D eigenvalue weighted by Gasteiger charge is 2.40. The van der Waals surface area contributed by atoms with Gasteiger partial charge in [0.25, 0.3) is 0 Å². The molecule has 1 fully saturated rings. The molecule has 0 bridgehead atoms. The van der Waals surface area contributed by atoms with Crippen LogP contribution in [0.4, 0.5) is 0 Å². The lowest BCUT2D eigenvalue weighted by Crippen LogP contribution is -2.35. The molecule has 1 saturated heterocycles. The Morgan fingerprint density at radius 2 is 2.14 bits per heavy atom. The van der Waals surface area contributed by atoms with E-state index in [0.717, 1.165) is 0 Å². The number of phenolic OH excluding ortho intramolecular Hbond substituents is 1. The van der Waals surface area contributed by atoms with Gasteiger partial charge in [-0.25, -0.2) is 13.6 Å². The summed E-state index contributed by atoms with van der Waals surface area (Å²) in [5.41, 5.74) is 0.422. The van der Waals surface area contributed by atoms with Gasteiger partial charge in [0.15, 0.2) is 0 Å². The number of carbonyl (C=O) groups excluding carboxylic acids is 1. The van der Waals surface area contributed by atoms with Crippen LogP contribution in [-0.4, -0.2) is 47.2 Å². The molecule has 4 N–H and O–H groups in total. The van der Waals surface area contributed by atoms with Crippen LogP contribution >= 0.6 is 0 Å². The number of aliphatic carboxylic acids is 1. The number of carboxylic acid groups (broad SMARTS) is 1. The van der Waals surface area contributed by atoms with Crippen LogP contribution < -0.4 is 5.14 Å². The van der Waals surface area contributed by atoms with Gasteiger partial charge in [-0.15, -0.1) is 0 Å². The molecule has 0 spiro atoms. The van der Waals surface area contributed by atoms with Gasteiger partial charge in [-0.1, -0.05) is 12.1 Å². The fraction of sp³-hybridized carbons (Fsp3) is 0.385. The summed E-state index contributed by atoms with van der Waals surface area (Å²) < 4.78 is 22.8. The molecule has 9 heteroatoms. The van der Waals surface area contributed by atoms with E-state index < -0.39 is 39.6 Å². The van der Waals surface area contributed by atoms with Gasteiger partial charge in [-0.05, 0) is 17.7 Å². The van der Waals surface area contributed by atoms with Crippen LogP contribution in [0.25, 0.3) is 0 Å². The van der Waals surface area contributed by atoms with Crippen molar-refractivity contribution in [2.24, 2.45) is 5.14 Å². The van der Waals surface area contributed by atoms with E-state index in [1.807, 2.05) is 0 Å². The topological polar surface area (TPSA) is 138 Å². The summed E-state index contributed by atoms with van der Waals surface area (Å²) in [5, 5.41) is 22.6. The van der Waals surface area contributed by atoms with Crippen LogP contribution in [0.15, 0.2) is 24.3 Å². The van der Waals surface area contributed by atoms with Crippen LogP contribution in [0, 0.1) is 0 Å². The number of carbonyl (C=O) groups is 2. The van der Waals surface area contributed by atoms with Crippen molar-refractivity contribution in [1.82, 2.24) is 4.90 Å². The van der Waals surface area contributed by atoms with Crippen molar-refractivity contribution in [1.29, 1.82) is 0 Å². The Morgan fingerprint density at radius 3 is 2.64 bits per heavy atom. The zero-order valence-electron chi connectivity index (χ0n) is 11.5. The maximum absolute atomic E-state index is 12.1. The highest BCUT2D eigenvalue weighted by atomic mass is 32.2. The van der Waals surface area contributed by atoms with Crippen molar-refractivity contribution in [3.05, 3.63) is 29.8 Å². The van der Waals surface area contributed by atoms with Crippen LogP contribution in [0.3, 0.4) is 0 Å². The standard InChI is InChI=1S/C13H16N2O6S/c14-22(20,21)10-5-12(17)15(7-10)11(6-13(18)19)8-2-1-3-9(16)4-8/h1-4,10-11,16H,5-7H2,(H,18,19)(H2,14,20,21). The first-order chi connectivity index (χ1) is 10.2. The number of nitrogens with two attached hydrogens (primary N) is 1. The first-order valence-corrected chi connectivity index (χ1v) is 8.11. The maximum Gasteiger partial charge on any atom is 0.305 e. The lowest BCUT2D eigenvalue weighted by molar-refractivity contribution is -0.139. The first-order valence-electron chi connectivity index (χ1n) is 6.50. The average molecular weight is 328 g/mol. The number of hydrogen-bond donors (Lipinski definition) is 3. The van der Waals surface area contributed by atoms with Gasteiger partial charge < -0.3 is 15.1 Å². The number of amides is 1. The van der Waals surface area contributed by atoms with Gasteiger partial charge in [0, 0.05) is 13.0 Å². The molecule has 22 heavy (non-hydrogen) atoms. The van der Waals surface area contributed by atoms with Crippen LogP contribution in [0.1, 0.15) is 24.4 Å². The predicted octanol–water partition coefficient (Wildman–Crippen LogP) is -0.203. The Bertz CT molecular complexity index is 702. The maximum atomic E-state index is 12.1. The van der Waals surface area contributed by atoms with Crippen molar-refractivity contribution in [3.8, 4) is 5.75 Å². The summed E-state index contributed by atoms with van der Waals surface area (Å²) in [7, 11) is -3.88. The van der Waals surface area contributed by atoms with Gasteiger partial charge in [0.05, 0.1) is 12.5 Å². The Hall–Kier alpha value is -2.13. The largest absolute Gasteiger partial charge is 0.508 e. The van der Waals surface area contributed by atoms with E-state index in [1.165, 1.54) is 23.1 Å². The number of carboxylic acids is 1. The molecule has 1 aromatic rings. The third-order valence-corrected chi connectivity index (χ3v) is 4.83. The number of primary sulfonamides is 1. The van der Waals surface area contributed by atoms with E-state index in [1.54, 1.807) is 6.07 Å². The molecule has 1 amide bonds. The summed E-state index contributed by atoms with van der Waals surface area (Å²) in [6, 6.07) is 5.01. The Morgan fingerprint density at radius 1 is 1.45 bits per heavy atom. The predicted molar refractivity (Wildman–Crippen MR) is 76.3 cm³/mol. The van der Waals surface area contributed by atoms with Crippen LogP contribution in [0.5, 0.6) is 5.75 Å². The second kappa shape index (κ2) is 5.93. The molecule has 1 aliphatic rings. The normalized spacial score (nSPS) is 20.1. The zero-order valence-corrected chi connectivity index (χ0v) is 12.4. The number of likely N-dealkylation sites (tertiary alicyclic amines) is 1. The Kier molecular flexibility index (Phi) is 4.38. The minimum Gasteiger partial charge on any atom is -0.508 e. The molecule has 2 atom stereocenters. The van der Waals surface area contributed by atoms with E-state index >= 15 is 0 Å². The lowest BCUT2D eigenvalue weighted by atomic mass is 10.0.